The number of fused-ring (bicyclic) bond motifs is 1. The van der Waals surface area contributed by atoms with Crippen LogP contribution in [0.2, 0.25) is 0 Å². The van der Waals surface area contributed by atoms with Gasteiger partial charge in [0.1, 0.15) is 0 Å². The van der Waals surface area contributed by atoms with E-state index in [2.05, 4.69) is 32.8 Å². The largest absolute Gasteiger partial charge is 0.278 e. The molecule has 17 heavy (non-hydrogen) atoms. The van der Waals surface area contributed by atoms with Crippen LogP contribution in [0.5, 0.6) is 0 Å². The van der Waals surface area contributed by atoms with Gasteiger partial charge in [-0.05, 0) is 18.2 Å². The van der Waals surface area contributed by atoms with Crippen molar-refractivity contribution in [2.45, 2.75) is 0 Å². The Morgan fingerprint density at radius 1 is 1.41 bits per heavy atom. The fraction of sp³-hybridized carbons (Fsp3) is 0.0833. The third kappa shape index (κ3) is 2.27. The normalized spacial score (nSPS) is 9.71. The number of non-ortho nitro benzene ring substituents is 1. The summed E-state index contributed by atoms with van der Waals surface area (Å²) in [6.07, 6.45) is 1.60. The maximum absolute atomic E-state index is 10.9. The Balaban J connectivity index is 2.75. The first kappa shape index (κ1) is 11.6. The molecule has 1 aromatic heterocycles. The van der Waals surface area contributed by atoms with Gasteiger partial charge in [-0.3, -0.25) is 15.1 Å². The van der Waals surface area contributed by atoms with Crippen LogP contribution in [0.3, 0.4) is 0 Å². The van der Waals surface area contributed by atoms with E-state index in [-0.39, 0.29) is 5.69 Å². The van der Waals surface area contributed by atoms with Gasteiger partial charge in [-0.2, -0.15) is 0 Å². The highest BCUT2D eigenvalue weighted by Crippen LogP contribution is 2.26. The molecule has 0 atom stereocenters. The molecule has 2 aromatic rings. The van der Waals surface area contributed by atoms with Gasteiger partial charge in [-0.15, -0.1) is 0 Å². The zero-order chi connectivity index (χ0) is 12.3. The molecule has 0 fully saturated rings. The van der Waals surface area contributed by atoms with Crippen molar-refractivity contribution in [3.8, 4) is 11.8 Å². The smallest absolute Gasteiger partial charge is 0.258 e. The van der Waals surface area contributed by atoms with Gasteiger partial charge in [0.2, 0.25) is 0 Å². The van der Waals surface area contributed by atoms with E-state index in [0.29, 0.717) is 21.8 Å². The molecule has 4 nitrogen and oxygen atoms in total. The third-order valence-electron chi connectivity index (χ3n) is 2.23. The molecule has 0 saturated heterocycles. The number of hydrogen-bond acceptors (Lipinski definition) is 3. The van der Waals surface area contributed by atoms with Crippen molar-refractivity contribution in [2.24, 2.45) is 0 Å². The molecule has 2 rings (SSSR count). The predicted octanol–water partition coefficient (Wildman–Crippen LogP) is 2.89. The monoisotopic (exact) mass is 290 g/mol. The third-order valence-corrected chi connectivity index (χ3v) is 2.51. The number of nitrogens with zero attached hydrogens (tertiary/aromatic N) is 2. The average Bonchev–Trinajstić information content (AvgIpc) is 2.35. The molecule has 84 valence electrons. The lowest BCUT2D eigenvalue weighted by atomic mass is 10.1. The molecule has 0 aliphatic heterocycles. The molecule has 5 heteroatoms. The van der Waals surface area contributed by atoms with Crippen molar-refractivity contribution in [2.75, 3.05) is 5.33 Å². The number of halogens is 1. The highest BCUT2D eigenvalue weighted by Gasteiger charge is 2.13. The van der Waals surface area contributed by atoms with Crippen LogP contribution >= 0.6 is 15.9 Å². The molecule has 0 saturated carbocycles. The van der Waals surface area contributed by atoms with Crippen LogP contribution in [-0.2, 0) is 0 Å². The highest BCUT2D eigenvalue weighted by molar-refractivity contribution is 9.09. The number of hydrogen-bond donors (Lipinski definition) is 0. The standard InChI is InChI=1S/C12H7BrN2O2/c13-7-1-3-9-5-6-11(15(16)17)10-4-2-8-14-12(9)10/h2,4-6,8H,7H2. The van der Waals surface area contributed by atoms with E-state index < -0.39 is 4.92 Å². The molecule has 1 aromatic carbocycles. The number of nitro benzene ring substituents is 1. The number of benzene rings is 1. The summed E-state index contributed by atoms with van der Waals surface area (Å²) in [5.74, 6) is 5.78. The van der Waals surface area contributed by atoms with E-state index in [1.165, 1.54) is 6.07 Å². The highest BCUT2D eigenvalue weighted by atomic mass is 79.9. The van der Waals surface area contributed by atoms with Crippen LogP contribution < -0.4 is 0 Å². The lowest BCUT2D eigenvalue weighted by Gasteiger charge is -2.00. The van der Waals surface area contributed by atoms with Crippen molar-refractivity contribution < 1.29 is 4.92 Å². The Morgan fingerprint density at radius 2 is 2.24 bits per heavy atom. The molecule has 0 radical (unpaired) electrons. The summed E-state index contributed by atoms with van der Waals surface area (Å²) in [6.45, 7) is 0. The second kappa shape index (κ2) is 4.93. The van der Waals surface area contributed by atoms with Crippen molar-refractivity contribution in [3.63, 3.8) is 0 Å². The Labute approximate surface area is 106 Å². The molecule has 0 bridgehead atoms. The van der Waals surface area contributed by atoms with Crippen molar-refractivity contribution in [3.05, 3.63) is 46.1 Å². The summed E-state index contributed by atoms with van der Waals surface area (Å²) in [6, 6.07) is 6.45. The Hall–Kier alpha value is -1.93. The zero-order valence-electron chi connectivity index (χ0n) is 8.68. The van der Waals surface area contributed by atoms with E-state index in [1.54, 1.807) is 24.4 Å². The fourth-order valence-electron chi connectivity index (χ4n) is 1.55. The quantitative estimate of drug-likeness (QED) is 0.351. The van der Waals surface area contributed by atoms with Gasteiger partial charge in [-0.25, -0.2) is 0 Å². The molecular formula is C12H7BrN2O2. The van der Waals surface area contributed by atoms with Crippen LogP contribution in [-0.4, -0.2) is 15.2 Å². The predicted molar refractivity (Wildman–Crippen MR) is 69.1 cm³/mol. The van der Waals surface area contributed by atoms with E-state index in [0.717, 1.165) is 0 Å². The number of alkyl halides is 1. The topological polar surface area (TPSA) is 56.0 Å². The Morgan fingerprint density at radius 3 is 2.94 bits per heavy atom. The van der Waals surface area contributed by atoms with Gasteiger partial charge in [0.05, 0.1) is 26.7 Å². The first-order valence-corrected chi connectivity index (χ1v) is 5.93. The lowest BCUT2D eigenvalue weighted by Crippen LogP contribution is -1.92. The maximum atomic E-state index is 10.9. The maximum Gasteiger partial charge on any atom is 0.278 e. The van der Waals surface area contributed by atoms with Gasteiger partial charge >= 0.3 is 0 Å². The first-order chi connectivity index (χ1) is 8.24. The molecule has 0 amide bonds. The van der Waals surface area contributed by atoms with Crippen molar-refractivity contribution in [1.29, 1.82) is 0 Å². The molecule has 0 aliphatic rings. The molecule has 0 N–H and O–H groups in total. The Bertz CT molecular complexity index is 644. The second-order valence-corrected chi connectivity index (χ2v) is 3.79. The number of rotatable bonds is 1. The fourth-order valence-corrected chi connectivity index (χ4v) is 1.69. The van der Waals surface area contributed by atoms with E-state index in [4.69, 9.17) is 0 Å². The number of aromatic nitrogens is 1. The molecule has 1 heterocycles. The summed E-state index contributed by atoms with van der Waals surface area (Å²) >= 11 is 3.21. The summed E-state index contributed by atoms with van der Waals surface area (Å²) in [5.41, 5.74) is 1.32. The SMILES string of the molecule is O=[N+]([O-])c1ccc(C#CCBr)c2ncccc12. The molecule has 0 unspecified atom stereocenters. The summed E-state index contributed by atoms with van der Waals surface area (Å²) < 4.78 is 0. The van der Waals surface area contributed by atoms with Gasteiger partial charge in [-0.1, -0.05) is 27.8 Å². The van der Waals surface area contributed by atoms with E-state index in [9.17, 15) is 10.1 Å². The summed E-state index contributed by atoms with van der Waals surface area (Å²) in [4.78, 5) is 14.6. The number of pyridine rings is 1. The van der Waals surface area contributed by atoms with Crippen LogP contribution in [0, 0.1) is 22.0 Å². The van der Waals surface area contributed by atoms with Crippen molar-refractivity contribution in [1.82, 2.24) is 4.98 Å². The molecular weight excluding hydrogens is 284 g/mol. The zero-order valence-corrected chi connectivity index (χ0v) is 10.3. The minimum Gasteiger partial charge on any atom is -0.258 e. The molecule has 0 spiro atoms. The summed E-state index contributed by atoms with van der Waals surface area (Å²) in [7, 11) is 0. The summed E-state index contributed by atoms with van der Waals surface area (Å²) in [5, 5.41) is 11.9. The van der Waals surface area contributed by atoms with Gasteiger partial charge < -0.3 is 0 Å². The van der Waals surface area contributed by atoms with Gasteiger partial charge in [0, 0.05) is 12.3 Å². The minimum atomic E-state index is -0.411. The average molecular weight is 291 g/mol. The van der Waals surface area contributed by atoms with Gasteiger partial charge in [0.15, 0.2) is 0 Å². The minimum absolute atomic E-state index is 0.0532. The lowest BCUT2D eigenvalue weighted by molar-refractivity contribution is -0.383. The van der Waals surface area contributed by atoms with Crippen LogP contribution in [0.15, 0.2) is 30.5 Å². The van der Waals surface area contributed by atoms with Gasteiger partial charge in [0.25, 0.3) is 5.69 Å². The Kier molecular flexibility index (Phi) is 3.35. The molecule has 0 aliphatic carbocycles. The van der Waals surface area contributed by atoms with Crippen LogP contribution in [0.4, 0.5) is 5.69 Å². The number of nitro groups is 1. The van der Waals surface area contributed by atoms with E-state index in [1.807, 2.05) is 0 Å². The van der Waals surface area contributed by atoms with Crippen molar-refractivity contribution >= 4 is 32.5 Å². The first-order valence-electron chi connectivity index (χ1n) is 4.81. The second-order valence-electron chi connectivity index (χ2n) is 3.22. The van der Waals surface area contributed by atoms with Crippen LogP contribution in [0.1, 0.15) is 5.56 Å². The van der Waals surface area contributed by atoms with E-state index >= 15 is 0 Å². The van der Waals surface area contributed by atoms with Crippen LogP contribution in [0.25, 0.3) is 10.9 Å².